The number of rotatable bonds is 3. The van der Waals surface area contributed by atoms with Gasteiger partial charge in [0, 0.05) is 18.5 Å². The van der Waals surface area contributed by atoms with E-state index in [4.69, 9.17) is 4.42 Å². The summed E-state index contributed by atoms with van der Waals surface area (Å²) in [6.45, 7) is 4.90. The molecule has 1 amide bonds. The second-order valence-corrected chi connectivity index (χ2v) is 3.96. The van der Waals surface area contributed by atoms with Gasteiger partial charge in [-0.2, -0.15) is 0 Å². The van der Waals surface area contributed by atoms with Crippen LogP contribution in [0.1, 0.15) is 24.2 Å². The molecule has 4 heteroatoms. The monoisotopic (exact) mass is 245 g/mol. The quantitative estimate of drug-likeness (QED) is 0.779. The minimum absolute atomic E-state index is 0.0948. The highest BCUT2D eigenvalue weighted by Crippen LogP contribution is 2.13. The first kappa shape index (κ1) is 12.4. The van der Waals surface area contributed by atoms with Gasteiger partial charge in [0.2, 0.25) is 0 Å². The van der Waals surface area contributed by atoms with E-state index < -0.39 is 5.63 Å². The maximum absolute atomic E-state index is 12.1. The van der Waals surface area contributed by atoms with E-state index in [0.29, 0.717) is 18.7 Å². The average molecular weight is 245 g/mol. The van der Waals surface area contributed by atoms with Crippen LogP contribution in [0.25, 0.3) is 11.0 Å². The van der Waals surface area contributed by atoms with Crippen LogP contribution in [0.15, 0.2) is 39.5 Å². The van der Waals surface area contributed by atoms with Crippen molar-refractivity contribution < 1.29 is 9.21 Å². The minimum atomic E-state index is -0.578. The van der Waals surface area contributed by atoms with E-state index in [2.05, 4.69) is 0 Å². The van der Waals surface area contributed by atoms with Gasteiger partial charge in [0.1, 0.15) is 11.1 Å². The van der Waals surface area contributed by atoms with Crippen molar-refractivity contribution in [2.75, 3.05) is 13.1 Å². The Balaban J connectivity index is 2.54. The van der Waals surface area contributed by atoms with Crippen molar-refractivity contribution in [1.29, 1.82) is 0 Å². The zero-order valence-electron chi connectivity index (χ0n) is 10.5. The van der Waals surface area contributed by atoms with Crippen LogP contribution in [0.3, 0.4) is 0 Å². The number of amides is 1. The molecule has 0 radical (unpaired) electrons. The number of hydrogen-bond acceptors (Lipinski definition) is 3. The predicted octanol–water partition coefficient (Wildman–Crippen LogP) is 2.28. The summed E-state index contributed by atoms with van der Waals surface area (Å²) in [5.41, 5.74) is 0.0154. The van der Waals surface area contributed by atoms with Crippen molar-refractivity contribution in [2.45, 2.75) is 13.8 Å². The largest absolute Gasteiger partial charge is 0.422 e. The molecule has 1 aromatic carbocycles. The summed E-state index contributed by atoms with van der Waals surface area (Å²) in [4.78, 5) is 25.5. The van der Waals surface area contributed by atoms with Gasteiger partial charge in [-0.05, 0) is 26.0 Å². The first-order chi connectivity index (χ1) is 8.67. The maximum Gasteiger partial charge on any atom is 0.349 e. The molecule has 2 rings (SSSR count). The van der Waals surface area contributed by atoms with Crippen LogP contribution in [0.5, 0.6) is 0 Å². The third-order valence-corrected chi connectivity index (χ3v) is 2.92. The number of carbonyl (C=O) groups excluding carboxylic acids is 1. The molecule has 2 aromatic rings. The number of para-hydroxylation sites is 1. The molecule has 0 saturated heterocycles. The molecule has 0 fully saturated rings. The van der Waals surface area contributed by atoms with Crippen LogP contribution in [-0.4, -0.2) is 23.9 Å². The lowest BCUT2D eigenvalue weighted by Gasteiger charge is -2.17. The number of hydrogen-bond donors (Lipinski definition) is 0. The highest BCUT2D eigenvalue weighted by Gasteiger charge is 2.17. The molecule has 0 spiro atoms. The fraction of sp³-hybridized carbons (Fsp3) is 0.286. The normalized spacial score (nSPS) is 10.6. The summed E-state index contributed by atoms with van der Waals surface area (Å²) < 4.78 is 5.15. The van der Waals surface area contributed by atoms with Crippen molar-refractivity contribution in [3.05, 3.63) is 46.3 Å². The zero-order valence-corrected chi connectivity index (χ0v) is 10.5. The molecule has 18 heavy (non-hydrogen) atoms. The van der Waals surface area contributed by atoms with Crippen molar-refractivity contribution in [3.63, 3.8) is 0 Å². The molecule has 1 aromatic heterocycles. The third kappa shape index (κ3) is 2.14. The average Bonchev–Trinajstić information content (AvgIpc) is 2.39. The lowest BCUT2D eigenvalue weighted by atomic mass is 10.1. The van der Waals surface area contributed by atoms with Gasteiger partial charge in [-0.1, -0.05) is 18.2 Å². The Morgan fingerprint density at radius 3 is 2.56 bits per heavy atom. The smallest absolute Gasteiger partial charge is 0.349 e. The van der Waals surface area contributed by atoms with E-state index in [1.165, 1.54) is 0 Å². The van der Waals surface area contributed by atoms with E-state index in [1.807, 2.05) is 26.0 Å². The third-order valence-electron chi connectivity index (χ3n) is 2.92. The molecule has 0 N–H and O–H groups in total. The Morgan fingerprint density at radius 2 is 1.89 bits per heavy atom. The van der Waals surface area contributed by atoms with Gasteiger partial charge in [0.05, 0.1) is 0 Å². The standard InChI is InChI=1S/C14H15NO3/c1-3-15(4-2)13(16)11-9-10-7-5-6-8-12(10)18-14(11)17/h5-9H,3-4H2,1-2H3. The van der Waals surface area contributed by atoms with E-state index >= 15 is 0 Å². The summed E-state index contributed by atoms with van der Waals surface area (Å²) in [7, 11) is 0. The van der Waals surface area contributed by atoms with E-state index in [-0.39, 0.29) is 11.5 Å². The van der Waals surface area contributed by atoms with Crippen molar-refractivity contribution in [3.8, 4) is 0 Å². The van der Waals surface area contributed by atoms with Gasteiger partial charge < -0.3 is 9.32 Å². The van der Waals surface area contributed by atoms with Gasteiger partial charge in [-0.25, -0.2) is 4.79 Å². The molecule has 0 unspecified atom stereocenters. The summed E-state index contributed by atoms with van der Waals surface area (Å²) in [5.74, 6) is -0.278. The highest BCUT2D eigenvalue weighted by molar-refractivity contribution is 5.96. The molecule has 0 bridgehead atoms. The molecule has 0 atom stereocenters. The molecule has 4 nitrogen and oxygen atoms in total. The topological polar surface area (TPSA) is 50.5 Å². The molecule has 94 valence electrons. The van der Waals surface area contributed by atoms with E-state index in [0.717, 1.165) is 5.39 Å². The summed E-state index contributed by atoms with van der Waals surface area (Å²) >= 11 is 0. The van der Waals surface area contributed by atoms with Crippen molar-refractivity contribution in [2.24, 2.45) is 0 Å². The second-order valence-electron chi connectivity index (χ2n) is 3.96. The minimum Gasteiger partial charge on any atom is -0.422 e. The summed E-state index contributed by atoms with van der Waals surface area (Å²) in [6.07, 6.45) is 0. The predicted molar refractivity (Wildman–Crippen MR) is 69.7 cm³/mol. The lowest BCUT2D eigenvalue weighted by molar-refractivity contribution is 0.0769. The van der Waals surface area contributed by atoms with Gasteiger partial charge in [0.15, 0.2) is 0 Å². The summed E-state index contributed by atoms with van der Waals surface area (Å²) in [5, 5.41) is 0.757. The summed E-state index contributed by atoms with van der Waals surface area (Å²) in [6, 6.07) is 8.76. The highest BCUT2D eigenvalue weighted by atomic mass is 16.4. The van der Waals surface area contributed by atoms with Gasteiger partial charge in [0.25, 0.3) is 5.91 Å². The SMILES string of the molecule is CCN(CC)C(=O)c1cc2ccccc2oc1=O. The first-order valence-corrected chi connectivity index (χ1v) is 5.99. The molecule has 0 saturated carbocycles. The zero-order chi connectivity index (χ0) is 13.1. The number of benzene rings is 1. The second kappa shape index (κ2) is 5.04. The Labute approximate surface area is 105 Å². The fourth-order valence-electron chi connectivity index (χ4n) is 1.89. The maximum atomic E-state index is 12.1. The van der Waals surface area contributed by atoms with Crippen molar-refractivity contribution in [1.82, 2.24) is 4.90 Å². The van der Waals surface area contributed by atoms with Gasteiger partial charge >= 0.3 is 5.63 Å². The molecule has 0 aliphatic carbocycles. The van der Waals surface area contributed by atoms with Crippen LogP contribution < -0.4 is 5.63 Å². The lowest BCUT2D eigenvalue weighted by Crippen LogP contribution is -2.33. The molecule has 0 aliphatic rings. The molecule has 0 aliphatic heterocycles. The van der Waals surface area contributed by atoms with Crippen LogP contribution in [0.2, 0.25) is 0 Å². The van der Waals surface area contributed by atoms with Gasteiger partial charge in [-0.3, -0.25) is 4.79 Å². The van der Waals surface area contributed by atoms with Crippen LogP contribution >= 0.6 is 0 Å². The number of nitrogens with zero attached hydrogens (tertiary/aromatic N) is 1. The Bertz CT molecular complexity index is 626. The molecular weight excluding hydrogens is 230 g/mol. The van der Waals surface area contributed by atoms with Crippen LogP contribution in [0, 0.1) is 0 Å². The Kier molecular flexibility index (Phi) is 3.46. The van der Waals surface area contributed by atoms with Gasteiger partial charge in [-0.15, -0.1) is 0 Å². The molecule has 1 heterocycles. The molecular formula is C14H15NO3. The van der Waals surface area contributed by atoms with E-state index in [1.54, 1.807) is 23.1 Å². The van der Waals surface area contributed by atoms with Crippen molar-refractivity contribution >= 4 is 16.9 Å². The fourth-order valence-corrected chi connectivity index (χ4v) is 1.89. The Hall–Kier alpha value is -2.10. The van der Waals surface area contributed by atoms with Crippen LogP contribution in [-0.2, 0) is 0 Å². The first-order valence-electron chi connectivity index (χ1n) is 5.99. The van der Waals surface area contributed by atoms with Crippen LogP contribution in [0.4, 0.5) is 0 Å². The number of fused-ring (bicyclic) bond motifs is 1. The number of carbonyl (C=O) groups is 1. The van der Waals surface area contributed by atoms with E-state index in [9.17, 15) is 9.59 Å². The Morgan fingerprint density at radius 1 is 1.22 bits per heavy atom.